The Morgan fingerprint density at radius 3 is 2.87 bits per heavy atom. The second kappa shape index (κ2) is 2.66. The Balaban J connectivity index is 2.18. The van der Waals surface area contributed by atoms with E-state index < -0.39 is 0 Å². The quantitative estimate of drug-likeness (QED) is 0.733. The molecule has 1 spiro atoms. The molecule has 4 heteroatoms. The normalized spacial score (nSPS) is 20.2. The summed E-state index contributed by atoms with van der Waals surface area (Å²) in [6.07, 6.45) is 2.03. The fourth-order valence-electron chi connectivity index (χ4n) is 2.18. The molecule has 0 saturated heterocycles. The molecule has 1 aliphatic heterocycles. The zero-order valence-corrected chi connectivity index (χ0v) is 8.46. The number of hydrogen-bond donors (Lipinski definition) is 2. The highest BCUT2D eigenvalue weighted by molar-refractivity contribution is 5.96. The molecule has 1 aromatic carbocycles. The minimum Gasteiger partial charge on any atom is -0.495 e. The van der Waals surface area contributed by atoms with Gasteiger partial charge in [0, 0.05) is 5.56 Å². The molecule has 0 unspecified atom stereocenters. The van der Waals surface area contributed by atoms with Crippen LogP contribution >= 0.6 is 0 Å². The van der Waals surface area contributed by atoms with Gasteiger partial charge in [0.25, 0.3) is 0 Å². The number of para-hydroxylation sites is 1. The molecule has 4 nitrogen and oxygen atoms in total. The molecule has 3 rings (SSSR count). The molecule has 1 aromatic rings. The molecule has 0 aromatic heterocycles. The number of nitrogens with one attached hydrogen (secondary N) is 2. The second-order valence-electron chi connectivity index (χ2n) is 4.04. The van der Waals surface area contributed by atoms with E-state index in [1.54, 1.807) is 7.11 Å². The number of anilines is 1. The van der Waals surface area contributed by atoms with Gasteiger partial charge >= 0.3 is 6.03 Å². The Bertz CT molecular complexity index is 438. The monoisotopic (exact) mass is 204 g/mol. The highest BCUT2D eigenvalue weighted by Crippen LogP contribution is 2.51. The predicted molar refractivity (Wildman–Crippen MR) is 56.1 cm³/mol. The summed E-state index contributed by atoms with van der Waals surface area (Å²) in [7, 11) is 1.61. The number of ether oxygens (including phenoxy) is 1. The fourth-order valence-corrected chi connectivity index (χ4v) is 2.18. The van der Waals surface area contributed by atoms with E-state index in [0.717, 1.165) is 29.8 Å². The maximum absolute atomic E-state index is 11.5. The Labute approximate surface area is 87.6 Å². The van der Waals surface area contributed by atoms with Crippen LogP contribution in [0.15, 0.2) is 18.2 Å². The molecule has 2 aliphatic rings. The standard InChI is InChI=1S/C11H12N2O2/c1-15-8-4-2-3-7-9(8)12-10(14)13-11(7)5-6-11/h2-4H,5-6H2,1H3,(H2,12,13,14). The molecular formula is C11H12N2O2. The van der Waals surface area contributed by atoms with Gasteiger partial charge in [0.1, 0.15) is 5.75 Å². The number of rotatable bonds is 1. The van der Waals surface area contributed by atoms with Crippen molar-refractivity contribution in [2.24, 2.45) is 0 Å². The summed E-state index contributed by atoms with van der Waals surface area (Å²) in [5, 5.41) is 5.77. The summed E-state index contributed by atoms with van der Waals surface area (Å²) in [4.78, 5) is 11.5. The SMILES string of the molecule is COc1cccc2c1NC(=O)NC21CC1. The lowest BCUT2D eigenvalue weighted by molar-refractivity contribution is 0.245. The average molecular weight is 204 g/mol. The zero-order valence-electron chi connectivity index (χ0n) is 8.46. The predicted octanol–water partition coefficient (Wildman–Crippen LogP) is 1.82. The van der Waals surface area contributed by atoms with Crippen LogP contribution in [0, 0.1) is 0 Å². The van der Waals surface area contributed by atoms with Crippen LogP contribution in [0.25, 0.3) is 0 Å². The number of amides is 2. The zero-order chi connectivity index (χ0) is 10.5. The molecule has 1 saturated carbocycles. The van der Waals surface area contributed by atoms with E-state index in [9.17, 15) is 4.79 Å². The van der Waals surface area contributed by atoms with Crippen LogP contribution in [0.3, 0.4) is 0 Å². The topological polar surface area (TPSA) is 50.4 Å². The molecule has 0 atom stereocenters. The van der Waals surface area contributed by atoms with Crippen molar-refractivity contribution < 1.29 is 9.53 Å². The Morgan fingerprint density at radius 2 is 2.20 bits per heavy atom. The smallest absolute Gasteiger partial charge is 0.320 e. The lowest BCUT2D eigenvalue weighted by Crippen LogP contribution is -2.43. The second-order valence-corrected chi connectivity index (χ2v) is 4.04. The largest absolute Gasteiger partial charge is 0.495 e. The number of benzene rings is 1. The van der Waals surface area contributed by atoms with Gasteiger partial charge in [-0.15, -0.1) is 0 Å². The van der Waals surface area contributed by atoms with Gasteiger partial charge in [-0.3, -0.25) is 0 Å². The summed E-state index contributed by atoms with van der Waals surface area (Å²) in [5.74, 6) is 0.730. The minimum atomic E-state index is -0.135. The van der Waals surface area contributed by atoms with Crippen molar-refractivity contribution >= 4 is 11.7 Å². The van der Waals surface area contributed by atoms with Gasteiger partial charge in [-0.1, -0.05) is 12.1 Å². The Hall–Kier alpha value is -1.71. The number of carbonyl (C=O) groups is 1. The van der Waals surface area contributed by atoms with Crippen LogP contribution in [0.1, 0.15) is 18.4 Å². The lowest BCUT2D eigenvalue weighted by Gasteiger charge is -2.28. The van der Waals surface area contributed by atoms with Gasteiger partial charge in [0.15, 0.2) is 0 Å². The molecule has 2 N–H and O–H groups in total. The fraction of sp³-hybridized carbons (Fsp3) is 0.364. The highest BCUT2D eigenvalue weighted by atomic mass is 16.5. The van der Waals surface area contributed by atoms with Gasteiger partial charge < -0.3 is 15.4 Å². The Morgan fingerprint density at radius 1 is 1.40 bits per heavy atom. The van der Waals surface area contributed by atoms with Crippen LogP contribution < -0.4 is 15.4 Å². The minimum absolute atomic E-state index is 0.119. The molecule has 1 fully saturated rings. The molecule has 15 heavy (non-hydrogen) atoms. The van der Waals surface area contributed by atoms with Crippen molar-refractivity contribution in [1.29, 1.82) is 0 Å². The first kappa shape index (κ1) is 8.59. The van der Waals surface area contributed by atoms with Crippen LogP contribution in [-0.2, 0) is 5.54 Å². The number of urea groups is 1. The molecule has 1 heterocycles. The third kappa shape index (κ3) is 1.11. The summed E-state index contributed by atoms with van der Waals surface area (Å²) < 4.78 is 5.24. The van der Waals surface area contributed by atoms with Crippen molar-refractivity contribution in [3.8, 4) is 5.75 Å². The third-order valence-corrected chi connectivity index (χ3v) is 3.10. The van der Waals surface area contributed by atoms with E-state index in [1.165, 1.54) is 0 Å². The van der Waals surface area contributed by atoms with Crippen molar-refractivity contribution in [2.45, 2.75) is 18.4 Å². The van der Waals surface area contributed by atoms with E-state index in [4.69, 9.17) is 4.74 Å². The summed E-state index contributed by atoms with van der Waals surface area (Å²) in [5.41, 5.74) is 1.84. The van der Waals surface area contributed by atoms with Gasteiger partial charge in [-0.05, 0) is 18.9 Å². The van der Waals surface area contributed by atoms with Crippen LogP contribution in [0.5, 0.6) is 5.75 Å². The lowest BCUT2D eigenvalue weighted by atomic mass is 10.00. The van der Waals surface area contributed by atoms with Gasteiger partial charge in [0.2, 0.25) is 0 Å². The van der Waals surface area contributed by atoms with Crippen molar-refractivity contribution in [3.05, 3.63) is 23.8 Å². The Kier molecular flexibility index (Phi) is 1.52. The van der Waals surface area contributed by atoms with Crippen LogP contribution in [0.4, 0.5) is 10.5 Å². The first-order valence-electron chi connectivity index (χ1n) is 5.02. The number of methoxy groups -OCH3 is 1. The molecule has 0 radical (unpaired) electrons. The van der Waals surface area contributed by atoms with Crippen molar-refractivity contribution in [1.82, 2.24) is 5.32 Å². The summed E-state index contributed by atoms with van der Waals surface area (Å²) in [6.45, 7) is 0. The van der Waals surface area contributed by atoms with E-state index in [-0.39, 0.29) is 11.6 Å². The highest BCUT2D eigenvalue weighted by Gasteiger charge is 2.50. The summed E-state index contributed by atoms with van der Waals surface area (Å²) in [6, 6.07) is 5.72. The molecular weight excluding hydrogens is 192 g/mol. The first-order valence-corrected chi connectivity index (χ1v) is 5.02. The first-order chi connectivity index (χ1) is 7.25. The maximum Gasteiger partial charge on any atom is 0.320 e. The van der Waals surface area contributed by atoms with E-state index in [0.29, 0.717) is 0 Å². The van der Waals surface area contributed by atoms with Gasteiger partial charge in [-0.25, -0.2) is 4.79 Å². The maximum atomic E-state index is 11.5. The number of carbonyl (C=O) groups excluding carboxylic acids is 1. The third-order valence-electron chi connectivity index (χ3n) is 3.10. The molecule has 2 amide bonds. The molecule has 1 aliphatic carbocycles. The average Bonchev–Trinajstić information content (AvgIpc) is 2.98. The van der Waals surface area contributed by atoms with Crippen molar-refractivity contribution in [2.75, 3.05) is 12.4 Å². The van der Waals surface area contributed by atoms with Crippen molar-refractivity contribution in [3.63, 3.8) is 0 Å². The van der Waals surface area contributed by atoms with E-state index >= 15 is 0 Å². The van der Waals surface area contributed by atoms with Crippen LogP contribution in [-0.4, -0.2) is 13.1 Å². The summed E-state index contributed by atoms with van der Waals surface area (Å²) >= 11 is 0. The van der Waals surface area contributed by atoms with Gasteiger partial charge in [0.05, 0.1) is 18.3 Å². The van der Waals surface area contributed by atoms with Gasteiger partial charge in [-0.2, -0.15) is 0 Å². The molecule has 0 bridgehead atoms. The van der Waals surface area contributed by atoms with E-state index in [2.05, 4.69) is 10.6 Å². The number of hydrogen-bond acceptors (Lipinski definition) is 2. The van der Waals surface area contributed by atoms with Crippen LogP contribution in [0.2, 0.25) is 0 Å². The van der Waals surface area contributed by atoms with E-state index in [1.807, 2.05) is 18.2 Å². The number of fused-ring (bicyclic) bond motifs is 2. The molecule has 78 valence electrons.